The van der Waals surface area contributed by atoms with E-state index in [1.54, 1.807) is 24.3 Å². The van der Waals surface area contributed by atoms with Gasteiger partial charge in [0.25, 0.3) is 0 Å². The lowest BCUT2D eigenvalue weighted by molar-refractivity contribution is -0.118. The molecule has 0 fully saturated rings. The Morgan fingerprint density at radius 1 is 1.38 bits per heavy atom. The fourth-order valence-corrected chi connectivity index (χ4v) is 1.79. The first kappa shape index (κ1) is 12.9. The van der Waals surface area contributed by atoms with Crippen LogP contribution >= 0.6 is 11.8 Å². The lowest BCUT2D eigenvalue weighted by atomic mass is 10.2. The molecule has 88 valence electrons. The second-order valence-corrected chi connectivity index (χ2v) is 5.03. The van der Waals surface area contributed by atoms with Crippen LogP contribution in [0.4, 0.5) is 0 Å². The lowest BCUT2D eigenvalue weighted by Gasteiger charge is -2.07. The molecule has 0 atom stereocenters. The van der Waals surface area contributed by atoms with Crippen LogP contribution in [0.3, 0.4) is 0 Å². The van der Waals surface area contributed by atoms with E-state index in [-0.39, 0.29) is 11.7 Å². The van der Waals surface area contributed by atoms with E-state index >= 15 is 0 Å². The molecule has 0 saturated heterocycles. The largest absolute Gasteiger partial charge is 0.508 e. The van der Waals surface area contributed by atoms with Crippen LogP contribution in [-0.4, -0.2) is 23.3 Å². The Kier molecular flexibility index (Phi) is 5.19. The third-order valence-electron chi connectivity index (χ3n) is 1.91. The van der Waals surface area contributed by atoms with Gasteiger partial charge < -0.3 is 10.4 Å². The maximum absolute atomic E-state index is 11.4. The van der Waals surface area contributed by atoms with Gasteiger partial charge in [-0.3, -0.25) is 4.79 Å². The van der Waals surface area contributed by atoms with Crippen molar-refractivity contribution in [2.45, 2.75) is 18.7 Å². The summed E-state index contributed by atoms with van der Waals surface area (Å²) in [6, 6.07) is 6.84. The van der Waals surface area contributed by atoms with Crippen LogP contribution in [0.1, 0.15) is 13.8 Å². The standard InChI is InChI=1S/C12H17NO2S/c1-9(2)7-13-12(15)8-16-11-5-3-10(14)4-6-11/h3-6,9,14H,7-8H2,1-2H3,(H,13,15). The summed E-state index contributed by atoms with van der Waals surface area (Å²) < 4.78 is 0. The topological polar surface area (TPSA) is 49.3 Å². The zero-order valence-electron chi connectivity index (χ0n) is 9.56. The molecule has 0 bridgehead atoms. The molecule has 4 heteroatoms. The number of aromatic hydroxyl groups is 1. The number of rotatable bonds is 5. The smallest absolute Gasteiger partial charge is 0.230 e. The summed E-state index contributed by atoms with van der Waals surface area (Å²) in [7, 11) is 0. The third-order valence-corrected chi connectivity index (χ3v) is 2.93. The Labute approximate surface area is 100 Å². The van der Waals surface area contributed by atoms with Gasteiger partial charge in [0.15, 0.2) is 0 Å². The highest BCUT2D eigenvalue weighted by Crippen LogP contribution is 2.20. The van der Waals surface area contributed by atoms with Crippen LogP contribution in [0, 0.1) is 5.92 Å². The van der Waals surface area contributed by atoms with E-state index in [0.717, 1.165) is 11.4 Å². The average Bonchev–Trinajstić information content (AvgIpc) is 2.25. The number of hydrogen-bond donors (Lipinski definition) is 2. The second kappa shape index (κ2) is 6.43. The quantitative estimate of drug-likeness (QED) is 0.775. The summed E-state index contributed by atoms with van der Waals surface area (Å²) in [4.78, 5) is 12.4. The molecule has 1 aromatic rings. The number of phenols is 1. The van der Waals surface area contributed by atoms with Gasteiger partial charge in [-0.2, -0.15) is 0 Å². The second-order valence-electron chi connectivity index (χ2n) is 3.98. The number of carbonyl (C=O) groups is 1. The Bertz CT molecular complexity index is 335. The molecule has 2 N–H and O–H groups in total. The molecule has 0 aromatic heterocycles. The van der Waals surface area contributed by atoms with E-state index in [2.05, 4.69) is 19.2 Å². The van der Waals surface area contributed by atoms with E-state index in [1.165, 1.54) is 11.8 Å². The summed E-state index contributed by atoms with van der Waals surface area (Å²) in [6.07, 6.45) is 0. The van der Waals surface area contributed by atoms with Crippen LogP contribution < -0.4 is 5.32 Å². The summed E-state index contributed by atoms with van der Waals surface area (Å²) in [5.41, 5.74) is 0. The van der Waals surface area contributed by atoms with E-state index < -0.39 is 0 Å². The number of thioether (sulfide) groups is 1. The highest BCUT2D eigenvalue weighted by Gasteiger charge is 2.03. The van der Waals surface area contributed by atoms with Crippen molar-refractivity contribution in [1.82, 2.24) is 5.32 Å². The molecule has 16 heavy (non-hydrogen) atoms. The number of carbonyl (C=O) groups excluding carboxylic acids is 1. The SMILES string of the molecule is CC(C)CNC(=O)CSc1ccc(O)cc1. The van der Waals surface area contributed by atoms with E-state index in [4.69, 9.17) is 5.11 Å². The van der Waals surface area contributed by atoms with Crippen LogP contribution in [0.25, 0.3) is 0 Å². The highest BCUT2D eigenvalue weighted by molar-refractivity contribution is 8.00. The first-order valence-electron chi connectivity index (χ1n) is 5.26. The Hall–Kier alpha value is -1.16. The van der Waals surface area contributed by atoms with Crippen molar-refractivity contribution in [3.63, 3.8) is 0 Å². The van der Waals surface area contributed by atoms with Crippen molar-refractivity contribution < 1.29 is 9.90 Å². The number of hydrogen-bond acceptors (Lipinski definition) is 3. The number of benzene rings is 1. The molecule has 0 heterocycles. The van der Waals surface area contributed by atoms with E-state index in [9.17, 15) is 4.79 Å². The van der Waals surface area contributed by atoms with Crippen molar-refractivity contribution >= 4 is 17.7 Å². The normalized spacial score (nSPS) is 10.4. The molecule has 0 saturated carbocycles. The Morgan fingerprint density at radius 2 is 2.00 bits per heavy atom. The molecule has 3 nitrogen and oxygen atoms in total. The molecule has 0 spiro atoms. The highest BCUT2D eigenvalue weighted by atomic mass is 32.2. The zero-order valence-corrected chi connectivity index (χ0v) is 10.4. The molecule has 1 rings (SSSR count). The summed E-state index contributed by atoms with van der Waals surface area (Å²) in [6.45, 7) is 4.84. The molecule has 0 aliphatic rings. The van der Waals surface area contributed by atoms with Crippen molar-refractivity contribution in [2.75, 3.05) is 12.3 Å². The minimum atomic E-state index is 0.0479. The van der Waals surface area contributed by atoms with Gasteiger partial charge in [-0.25, -0.2) is 0 Å². The van der Waals surface area contributed by atoms with Gasteiger partial charge in [0.2, 0.25) is 5.91 Å². The summed E-state index contributed by atoms with van der Waals surface area (Å²) >= 11 is 1.47. The third kappa shape index (κ3) is 5.07. The summed E-state index contributed by atoms with van der Waals surface area (Å²) in [5, 5.41) is 11.9. The lowest BCUT2D eigenvalue weighted by Crippen LogP contribution is -2.28. The van der Waals surface area contributed by atoms with Gasteiger partial charge in [-0.15, -0.1) is 11.8 Å². The number of nitrogens with one attached hydrogen (secondary N) is 1. The zero-order chi connectivity index (χ0) is 12.0. The molecular weight excluding hydrogens is 222 g/mol. The van der Waals surface area contributed by atoms with Gasteiger partial charge in [0.1, 0.15) is 5.75 Å². The maximum Gasteiger partial charge on any atom is 0.230 e. The molecule has 0 radical (unpaired) electrons. The van der Waals surface area contributed by atoms with Gasteiger partial charge in [0.05, 0.1) is 5.75 Å². The van der Waals surface area contributed by atoms with Crippen LogP contribution in [0.15, 0.2) is 29.2 Å². The fourth-order valence-electron chi connectivity index (χ4n) is 1.06. The van der Waals surface area contributed by atoms with Gasteiger partial charge in [-0.1, -0.05) is 13.8 Å². The van der Waals surface area contributed by atoms with Crippen molar-refractivity contribution in [3.05, 3.63) is 24.3 Å². The Balaban J connectivity index is 2.29. The van der Waals surface area contributed by atoms with Crippen molar-refractivity contribution in [1.29, 1.82) is 0 Å². The molecular formula is C12H17NO2S. The predicted octanol–water partition coefficient (Wildman–Crippen LogP) is 2.26. The van der Waals surface area contributed by atoms with Gasteiger partial charge >= 0.3 is 0 Å². The number of amides is 1. The fraction of sp³-hybridized carbons (Fsp3) is 0.417. The van der Waals surface area contributed by atoms with Crippen molar-refractivity contribution in [3.8, 4) is 5.75 Å². The van der Waals surface area contributed by atoms with Gasteiger partial charge in [0, 0.05) is 11.4 Å². The Morgan fingerprint density at radius 3 is 2.56 bits per heavy atom. The molecule has 1 aromatic carbocycles. The average molecular weight is 239 g/mol. The first-order valence-corrected chi connectivity index (χ1v) is 6.25. The molecule has 0 aliphatic heterocycles. The summed E-state index contributed by atoms with van der Waals surface area (Å²) in [5.74, 6) is 1.18. The minimum absolute atomic E-state index is 0.0479. The van der Waals surface area contributed by atoms with Crippen LogP contribution in [0.2, 0.25) is 0 Å². The van der Waals surface area contributed by atoms with E-state index in [1.807, 2.05) is 0 Å². The van der Waals surface area contributed by atoms with Crippen LogP contribution in [-0.2, 0) is 4.79 Å². The minimum Gasteiger partial charge on any atom is -0.508 e. The maximum atomic E-state index is 11.4. The van der Waals surface area contributed by atoms with Crippen LogP contribution in [0.5, 0.6) is 5.75 Å². The molecule has 1 amide bonds. The van der Waals surface area contributed by atoms with Crippen molar-refractivity contribution in [2.24, 2.45) is 5.92 Å². The predicted molar refractivity (Wildman–Crippen MR) is 66.7 cm³/mol. The monoisotopic (exact) mass is 239 g/mol. The number of phenolic OH excluding ortho intramolecular Hbond substituents is 1. The first-order chi connectivity index (χ1) is 7.58. The van der Waals surface area contributed by atoms with Gasteiger partial charge in [-0.05, 0) is 30.2 Å². The van der Waals surface area contributed by atoms with E-state index in [0.29, 0.717) is 11.7 Å². The molecule has 0 aliphatic carbocycles. The molecule has 0 unspecified atom stereocenters.